The summed E-state index contributed by atoms with van der Waals surface area (Å²) in [6.07, 6.45) is -4.40. The van der Waals surface area contributed by atoms with Crippen LogP contribution in [0.5, 0.6) is 5.88 Å². The summed E-state index contributed by atoms with van der Waals surface area (Å²) >= 11 is 0. The van der Waals surface area contributed by atoms with Crippen LogP contribution >= 0.6 is 0 Å². The highest BCUT2D eigenvalue weighted by molar-refractivity contribution is 6.05. The molecule has 7 heteroatoms. The van der Waals surface area contributed by atoms with Gasteiger partial charge in [0.25, 0.3) is 11.8 Å². The van der Waals surface area contributed by atoms with Crippen molar-refractivity contribution in [1.82, 2.24) is 4.98 Å². The van der Waals surface area contributed by atoms with E-state index >= 15 is 0 Å². The number of nitrogens with zero attached hydrogens (tertiary/aromatic N) is 1. The third-order valence-electron chi connectivity index (χ3n) is 2.46. The highest BCUT2D eigenvalue weighted by Crippen LogP contribution is 2.33. The van der Waals surface area contributed by atoms with Crippen LogP contribution in [0.15, 0.2) is 42.6 Å². The lowest BCUT2D eigenvalue weighted by Gasteiger charge is -2.12. The fourth-order valence-corrected chi connectivity index (χ4v) is 1.57. The SMILES string of the molecule is [O]c1cc(C(=O)Nc2ccccc2)c(C(F)(F)F)cn1. The van der Waals surface area contributed by atoms with E-state index in [1.807, 2.05) is 0 Å². The van der Waals surface area contributed by atoms with Gasteiger partial charge in [0.15, 0.2) is 0 Å². The van der Waals surface area contributed by atoms with Gasteiger partial charge >= 0.3 is 6.18 Å². The van der Waals surface area contributed by atoms with Gasteiger partial charge in [0.1, 0.15) is 0 Å². The molecule has 0 unspecified atom stereocenters. The molecule has 0 saturated heterocycles. The van der Waals surface area contributed by atoms with E-state index in [2.05, 4.69) is 10.3 Å². The van der Waals surface area contributed by atoms with Gasteiger partial charge in [0.2, 0.25) is 0 Å². The van der Waals surface area contributed by atoms with Crippen molar-refractivity contribution in [3.8, 4) is 5.88 Å². The number of halogens is 3. The lowest BCUT2D eigenvalue weighted by atomic mass is 10.1. The molecule has 0 saturated carbocycles. The fraction of sp³-hybridized carbons (Fsp3) is 0.0769. The summed E-state index contributed by atoms with van der Waals surface area (Å²) in [7, 11) is 0. The molecule has 0 aliphatic rings. The third kappa shape index (κ3) is 3.05. The number of rotatable bonds is 2. The standard InChI is InChI=1S/C13H8F3N2O2/c14-13(15,16)10-7-17-11(19)6-9(10)12(20)18-8-4-2-1-3-5-8/h1-7H,(H,18,20). The number of benzene rings is 1. The van der Waals surface area contributed by atoms with E-state index in [1.165, 1.54) is 12.1 Å². The van der Waals surface area contributed by atoms with Gasteiger partial charge in [0.05, 0.1) is 11.1 Å². The summed E-state index contributed by atoms with van der Waals surface area (Å²) in [5.74, 6) is -1.92. The van der Waals surface area contributed by atoms with Crippen LogP contribution in [-0.4, -0.2) is 10.9 Å². The Balaban J connectivity index is 2.36. The fourth-order valence-electron chi connectivity index (χ4n) is 1.57. The second kappa shape index (κ2) is 5.20. The van der Waals surface area contributed by atoms with Gasteiger partial charge in [0, 0.05) is 18.0 Å². The molecule has 1 heterocycles. The zero-order valence-corrected chi connectivity index (χ0v) is 9.94. The minimum Gasteiger partial charge on any atom is -0.322 e. The largest absolute Gasteiger partial charge is 0.418 e. The molecule has 1 aromatic heterocycles. The second-order valence-corrected chi connectivity index (χ2v) is 3.89. The highest BCUT2D eigenvalue weighted by Gasteiger charge is 2.36. The van der Waals surface area contributed by atoms with Gasteiger partial charge in [-0.2, -0.15) is 13.2 Å². The molecule has 0 spiro atoms. The van der Waals surface area contributed by atoms with Crippen molar-refractivity contribution in [2.45, 2.75) is 6.18 Å². The van der Waals surface area contributed by atoms with E-state index in [0.29, 0.717) is 18.0 Å². The number of carbonyl (C=O) groups excluding carboxylic acids is 1. The van der Waals surface area contributed by atoms with E-state index in [0.717, 1.165) is 0 Å². The van der Waals surface area contributed by atoms with Crippen molar-refractivity contribution in [3.63, 3.8) is 0 Å². The molecule has 20 heavy (non-hydrogen) atoms. The maximum absolute atomic E-state index is 12.8. The highest BCUT2D eigenvalue weighted by atomic mass is 19.4. The van der Waals surface area contributed by atoms with Crippen molar-refractivity contribution >= 4 is 11.6 Å². The molecule has 0 atom stereocenters. The third-order valence-corrected chi connectivity index (χ3v) is 2.46. The Bertz CT molecular complexity index is 627. The molecule has 0 aliphatic carbocycles. The first-order chi connectivity index (χ1) is 9.38. The molecule has 0 aliphatic heterocycles. The minimum atomic E-state index is -4.76. The molecular weight excluding hydrogens is 273 g/mol. The maximum Gasteiger partial charge on any atom is 0.418 e. The molecule has 1 N–H and O–H groups in total. The van der Waals surface area contributed by atoms with Crippen molar-refractivity contribution in [1.29, 1.82) is 0 Å². The molecule has 4 nitrogen and oxygen atoms in total. The summed E-state index contributed by atoms with van der Waals surface area (Å²) in [6, 6.07) is 8.53. The summed E-state index contributed by atoms with van der Waals surface area (Å²) in [5.41, 5.74) is -1.67. The molecule has 0 fully saturated rings. The maximum atomic E-state index is 12.8. The molecule has 103 valence electrons. The second-order valence-electron chi connectivity index (χ2n) is 3.89. The van der Waals surface area contributed by atoms with Crippen LogP contribution in [0.4, 0.5) is 18.9 Å². The average molecular weight is 281 g/mol. The van der Waals surface area contributed by atoms with Gasteiger partial charge < -0.3 is 5.32 Å². The zero-order chi connectivity index (χ0) is 14.8. The number of hydrogen-bond acceptors (Lipinski definition) is 2. The summed E-state index contributed by atoms with van der Waals surface area (Å²) in [6.45, 7) is 0. The lowest BCUT2D eigenvalue weighted by Crippen LogP contribution is -2.19. The lowest BCUT2D eigenvalue weighted by molar-refractivity contribution is -0.138. The van der Waals surface area contributed by atoms with Crippen LogP contribution in [0.1, 0.15) is 15.9 Å². The predicted molar refractivity (Wildman–Crippen MR) is 63.8 cm³/mol. The number of para-hydroxylation sites is 1. The molecule has 1 amide bonds. The van der Waals surface area contributed by atoms with E-state index in [9.17, 15) is 23.1 Å². The average Bonchev–Trinajstić information content (AvgIpc) is 2.38. The van der Waals surface area contributed by atoms with Gasteiger partial charge in [-0.3, -0.25) is 9.90 Å². The molecule has 2 aromatic rings. The number of amides is 1. The Morgan fingerprint density at radius 3 is 2.40 bits per heavy atom. The topological polar surface area (TPSA) is 61.9 Å². The summed E-state index contributed by atoms with van der Waals surface area (Å²) in [5, 5.41) is 13.4. The minimum absolute atomic E-state index is 0.329. The van der Waals surface area contributed by atoms with Gasteiger partial charge in [-0.25, -0.2) is 4.98 Å². The van der Waals surface area contributed by atoms with Gasteiger partial charge in [-0.15, -0.1) is 0 Å². The number of nitrogens with one attached hydrogen (secondary N) is 1. The normalized spacial score (nSPS) is 11.2. The number of carbonyl (C=O) groups is 1. The quantitative estimate of drug-likeness (QED) is 0.915. The zero-order valence-electron chi connectivity index (χ0n) is 9.94. The van der Waals surface area contributed by atoms with Crippen molar-refractivity contribution in [2.75, 3.05) is 5.32 Å². The van der Waals surface area contributed by atoms with Crippen LogP contribution in [-0.2, 0) is 11.3 Å². The Kier molecular flexibility index (Phi) is 3.60. The van der Waals surface area contributed by atoms with Crippen molar-refractivity contribution < 1.29 is 23.1 Å². The van der Waals surface area contributed by atoms with Gasteiger partial charge in [-0.1, -0.05) is 18.2 Å². The van der Waals surface area contributed by atoms with E-state index < -0.39 is 29.1 Å². The monoisotopic (exact) mass is 281 g/mol. The van der Waals surface area contributed by atoms with Crippen LogP contribution < -0.4 is 5.32 Å². The molecule has 1 radical (unpaired) electrons. The number of hydrogen-bond donors (Lipinski definition) is 1. The van der Waals surface area contributed by atoms with Crippen molar-refractivity contribution in [3.05, 3.63) is 53.7 Å². The molecule has 0 bridgehead atoms. The Morgan fingerprint density at radius 2 is 1.80 bits per heavy atom. The first kappa shape index (κ1) is 13.9. The summed E-state index contributed by atoms with van der Waals surface area (Å²) < 4.78 is 38.3. The number of anilines is 1. The number of pyridine rings is 1. The first-order valence-electron chi connectivity index (χ1n) is 5.48. The van der Waals surface area contributed by atoms with E-state index in [1.54, 1.807) is 18.2 Å². The Hall–Kier alpha value is -2.57. The molecule has 2 rings (SSSR count). The van der Waals surface area contributed by atoms with Gasteiger partial charge in [-0.05, 0) is 12.1 Å². The number of alkyl halides is 3. The van der Waals surface area contributed by atoms with Crippen molar-refractivity contribution in [2.24, 2.45) is 0 Å². The van der Waals surface area contributed by atoms with Crippen LogP contribution in [0, 0.1) is 0 Å². The Morgan fingerprint density at radius 1 is 1.15 bits per heavy atom. The predicted octanol–water partition coefficient (Wildman–Crippen LogP) is 3.50. The molecular formula is C13H8F3N2O2. The number of aromatic nitrogens is 1. The van der Waals surface area contributed by atoms with Crippen LogP contribution in [0.25, 0.3) is 0 Å². The van der Waals surface area contributed by atoms with E-state index in [4.69, 9.17) is 0 Å². The summed E-state index contributed by atoms with van der Waals surface area (Å²) in [4.78, 5) is 14.9. The Labute approximate surface area is 111 Å². The van der Waals surface area contributed by atoms with Crippen LogP contribution in [0.3, 0.4) is 0 Å². The van der Waals surface area contributed by atoms with E-state index in [-0.39, 0.29) is 0 Å². The first-order valence-corrected chi connectivity index (χ1v) is 5.48. The molecule has 1 aromatic carbocycles. The smallest absolute Gasteiger partial charge is 0.322 e. The van der Waals surface area contributed by atoms with Crippen LogP contribution in [0.2, 0.25) is 0 Å².